The van der Waals surface area contributed by atoms with Crippen LogP contribution in [0.2, 0.25) is 0 Å². The highest BCUT2D eigenvalue weighted by Gasteiger charge is 1.76. The summed E-state index contributed by atoms with van der Waals surface area (Å²) < 4.78 is 13.0. The van der Waals surface area contributed by atoms with Crippen molar-refractivity contribution in [2.24, 2.45) is 0 Å². The van der Waals surface area contributed by atoms with E-state index in [9.17, 15) is 4.39 Å². The van der Waals surface area contributed by atoms with Crippen molar-refractivity contribution < 1.29 is 4.39 Å². The van der Waals surface area contributed by atoms with E-state index in [1.807, 2.05) is 6.92 Å². The molecular formula is C6H8FI. The Morgan fingerprint density at radius 3 is 2.00 bits per heavy atom. The summed E-state index contributed by atoms with van der Waals surface area (Å²) >= 11 is 2.13. The number of rotatable bonds is 1. The van der Waals surface area contributed by atoms with Crippen LogP contribution >= 0.6 is 22.6 Å². The number of hydrogen-bond donors (Lipinski definition) is 0. The summed E-state index contributed by atoms with van der Waals surface area (Å²) in [6, 6.07) is 0. The van der Waals surface area contributed by atoms with Crippen LogP contribution in [0.5, 0.6) is 0 Å². The molecule has 0 rings (SSSR count). The zero-order chi connectivity index (χ0) is 6.57. The van der Waals surface area contributed by atoms with Gasteiger partial charge < -0.3 is 0 Å². The lowest BCUT2D eigenvalue weighted by atomic mass is 10.4. The summed E-state index contributed by atoms with van der Waals surface area (Å²) in [5, 5.41) is 0. The maximum Gasteiger partial charge on any atom is 0.0968 e. The summed E-state index contributed by atoms with van der Waals surface area (Å²) in [5.74, 6) is -0.152. The highest BCUT2D eigenvalue weighted by molar-refractivity contribution is 14.1. The Balaban J connectivity index is 3.76. The standard InChI is InChI=1S/C6H8FI/c1-5(7)3-4-6(2)8/h3-4H,1-2H3/b5-3+,6-4+. The van der Waals surface area contributed by atoms with E-state index in [0.717, 1.165) is 3.58 Å². The Labute approximate surface area is 62.6 Å². The predicted octanol–water partition coefficient (Wildman–Crippen LogP) is 3.20. The van der Waals surface area contributed by atoms with Crippen LogP contribution in [-0.2, 0) is 0 Å². The van der Waals surface area contributed by atoms with E-state index in [0.29, 0.717) is 0 Å². The van der Waals surface area contributed by atoms with Crippen LogP contribution in [0.4, 0.5) is 4.39 Å². The molecular weight excluding hydrogens is 218 g/mol. The second-order valence-electron chi connectivity index (χ2n) is 1.51. The fourth-order valence-electron chi connectivity index (χ4n) is 0.230. The fraction of sp³-hybridized carbons (Fsp3) is 0.333. The molecule has 8 heavy (non-hydrogen) atoms. The van der Waals surface area contributed by atoms with Gasteiger partial charge in [0.05, 0.1) is 5.83 Å². The van der Waals surface area contributed by atoms with Crippen molar-refractivity contribution in [2.45, 2.75) is 13.8 Å². The molecule has 0 heterocycles. The molecule has 0 unspecified atom stereocenters. The highest BCUT2D eigenvalue weighted by Crippen LogP contribution is 2.04. The molecule has 0 nitrogen and oxygen atoms in total. The minimum atomic E-state index is -0.152. The summed E-state index contributed by atoms with van der Waals surface area (Å²) in [6.45, 7) is 3.34. The van der Waals surface area contributed by atoms with Gasteiger partial charge in [0.2, 0.25) is 0 Å². The van der Waals surface area contributed by atoms with E-state index in [4.69, 9.17) is 0 Å². The average molecular weight is 226 g/mol. The van der Waals surface area contributed by atoms with Crippen molar-refractivity contribution in [3.8, 4) is 0 Å². The van der Waals surface area contributed by atoms with Crippen molar-refractivity contribution in [1.29, 1.82) is 0 Å². The molecule has 0 bridgehead atoms. The van der Waals surface area contributed by atoms with Gasteiger partial charge in [-0.05, 0) is 46.1 Å². The van der Waals surface area contributed by atoms with Gasteiger partial charge in [-0.25, -0.2) is 4.39 Å². The molecule has 0 fully saturated rings. The van der Waals surface area contributed by atoms with Gasteiger partial charge >= 0.3 is 0 Å². The van der Waals surface area contributed by atoms with E-state index >= 15 is 0 Å². The largest absolute Gasteiger partial charge is 0.212 e. The quantitative estimate of drug-likeness (QED) is 0.475. The number of halogens is 2. The van der Waals surface area contributed by atoms with Crippen molar-refractivity contribution >= 4 is 22.6 Å². The second-order valence-corrected chi connectivity index (χ2v) is 3.21. The van der Waals surface area contributed by atoms with Gasteiger partial charge in [-0.3, -0.25) is 0 Å². The van der Waals surface area contributed by atoms with Crippen LogP contribution in [-0.4, -0.2) is 0 Å². The molecule has 0 aliphatic heterocycles. The topological polar surface area (TPSA) is 0 Å². The lowest BCUT2D eigenvalue weighted by Crippen LogP contribution is -1.57. The summed E-state index contributed by atoms with van der Waals surface area (Å²) in [7, 11) is 0. The zero-order valence-electron chi connectivity index (χ0n) is 4.91. The van der Waals surface area contributed by atoms with E-state index in [-0.39, 0.29) is 5.83 Å². The predicted molar refractivity (Wildman–Crippen MR) is 42.6 cm³/mol. The maximum absolute atomic E-state index is 11.9. The molecule has 46 valence electrons. The molecule has 0 aromatic rings. The first-order chi connectivity index (χ1) is 3.63. The lowest BCUT2D eigenvalue weighted by molar-refractivity contribution is 0.640. The van der Waals surface area contributed by atoms with Gasteiger partial charge in [0, 0.05) is 0 Å². The summed E-state index contributed by atoms with van der Waals surface area (Å²) in [5.41, 5.74) is 0. The van der Waals surface area contributed by atoms with Crippen LogP contribution in [0.1, 0.15) is 13.8 Å². The molecule has 0 aliphatic carbocycles. The SMILES string of the molecule is C/C(F)=C\C=C(/C)I. The monoisotopic (exact) mass is 226 g/mol. The fourth-order valence-corrected chi connectivity index (χ4v) is 0.409. The Bertz CT molecular complexity index is 100. The van der Waals surface area contributed by atoms with Crippen molar-refractivity contribution in [2.75, 3.05) is 0 Å². The average Bonchev–Trinajstić information content (AvgIpc) is 1.61. The molecule has 0 amide bonds. The van der Waals surface area contributed by atoms with Crippen molar-refractivity contribution in [3.63, 3.8) is 0 Å². The van der Waals surface area contributed by atoms with Gasteiger partial charge in [0.25, 0.3) is 0 Å². The first kappa shape index (κ1) is 8.14. The molecule has 0 saturated heterocycles. The molecule has 0 aliphatic rings. The second kappa shape index (κ2) is 4.06. The Hall–Kier alpha value is 0.140. The third kappa shape index (κ3) is 6.14. The van der Waals surface area contributed by atoms with Gasteiger partial charge in [0.1, 0.15) is 0 Å². The molecule has 0 atom stereocenters. The minimum absolute atomic E-state index is 0.152. The third-order valence-electron chi connectivity index (χ3n) is 0.543. The van der Waals surface area contributed by atoms with Crippen molar-refractivity contribution in [1.82, 2.24) is 0 Å². The smallest absolute Gasteiger partial charge is 0.0968 e. The van der Waals surface area contributed by atoms with Crippen LogP contribution in [0.15, 0.2) is 21.6 Å². The first-order valence-electron chi connectivity index (χ1n) is 2.29. The Kier molecular flexibility index (Phi) is 4.13. The molecule has 0 spiro atoms. The molecule has 0 saturated carbocycles. The lowest BCUT2D eigenvalue weighted by Gasteiger charge is -1.79. The minimum Gasteiger partial charge on any atom is -0.212 e. The van der Waals surface area contributed by atoms with Gasteiger partial charge in [-0.2, -0.15) is 0 Å². The number of hydrogen-bond acceptors (Lipinski definition) is 0. The number of allylic oxidation sites excluding steroid dienone is 4. The first-order valence-corrected chi connectivity index (χ1v) is 3.37. The van der Waals surface area contributed by atoms with Gasteiger partial charge in [-0.15, -0.1) is 0 Å². The van der Waals surface area contributed by atoms with Gasteiger partial charge in [0.15, 0.2) is 0 Å². The molecule has 2 heteroatoms. The maximum atomic E-state index is 11.9. The van der Waals surface area contributed by atoms with E-state index < -0.39 is 0 Å². The van der Waals surface area contributed by atoms with E-state index in [2.05, 4.69) is 22.6 Å². The molecule has 0 N–H and O–H groups in total. The normalized spacial score (nSPS) is 14.5. The molecule has 0 aromatic heterocycles. The highest BCUT2D eigenvalue weighted by atomic mass is 127. The Morgan fingerprint density at radius 1 is 1.38 bits per heavy atom. The Morgan fingerprint density at radius 2 is 1.88 bits per heavy atom. The molecule has 0 radical (unpaired) electrons. The third-order valence-corrected chi connectivity index (χ3v) is 0.902. The molecule has 0 aromatic carbocycles. The summed E-state index contributed by atoms with van der Waals surface area (Å²) in [6.07, 6.45) is 3.18. The summed E-state index contributed by atoms with van der Waals surface area (Å²) in [4.78, 5) is 0. The van der Waals surface area contributed by atoms with E-state index in [1.165, 1.54) is 13.0 Å². The van der Waals surface area contributed by atoms with Crippen LogP contribution < -0.4 is 0 Å². The van der Waals surface area contributed by atoms with Crippen molar-refractivity contribution in [3.05, 3.63) is 21.6 Å². The van der Waals surface area contributed by atoms with E-state index in [1.54, 1.807) is 6.08 Å². The van der Waals surface area contributed by atoms with Crippen LogP contribution in [0.25, 0.3) is 0 Å². The van der Waals surface area contributed by atoms with Crippen LogP contribution in [0.3, 0.4) is 0 Å². The zero-order valence-corrected chi connectivity index (χ0v) is 7.07. The van der Waals surface area contributed by atoms with Crippen LogP contribution in [0, 0.1) is 0 Å². The van der Waals surface area contributed by atoms with Gasteiger partial charge in [-0.1, -0.05) is 6.08 Å².